The Morgan fingerprint density at radius 3 is 2.55 bits per heavy atom. The Balaban J connectivity index is 0.00000242. The number of nitrogens with one attached hydrogen (secondary N) is 2. The molecule has 0 bridgehead atoms. The van der Waals surface area contributed by atoms with E-state index in [2.05, 4.69) is 36.3 Å². The second-order valence-electron chi connectivity index (χ2n) is 6.82. The minimum atomic E-state index is -0.502. The van der Waals surface area contributed by atoms with E-state index < -0.39 is 6.04 Å². The van der Waals surface area contributed by atoms with Gasteiger partial charge in [0.15, 0.2) is 0 Å². The van der Waals surface area contributed by atoms with Crippen molar-refractivity contribution in [3.63, 3.8) is 0 Å². The second-order valence-corrected chi connectivity index (χ2v) is 6.82. The Kier molecular flexibility index (Phi) is 5.65. The number of aromatic nitrogens is 1. The van der Waals surface area contributed by atoms with Crippen LogP contribution in [0.15, 0.2) is 18.2 Å². The van der Waals surface area contributed by atoms with Crippen LogP contribution in [0, 0.1) is 19.3 Å². The number of aromatic amines is 1. The first kappa shape index (κ1) is 18.5. The van der Waals surface area contributed by atoms with Gasteiger partial charge in [-0.3, -0.25) is 4.79 Å². The van der Waals surface area contributed by atoms with Gasteiger partial charge in [0.05, 0.1) is 6.04 Å². The zero-order chi connectivity index (χ0) is 15.8. The van der Waals surface area contributed by atoms with E-state index in [0.717, 1.165) is 11.1 Å². The number of rotatable bonds is 3. The lowest BCUT2D eigenvalue weighted by Crippen LogP contribution is -2.48. The van der Waals surface area contributed by atoms with Crippen LogP contribution in [0.4, 0.5) is 0 Å². The average Bonchev–Trinajstić information content (AvgIpc) is 2.69. The predicted molar refractivity (Wildman–Crippen MR) is 94.3 cm³/mol. The number of hydrogen-bond acceptors (Lipinski definition) is 2. The van der Waals surface area contributed by atoms with Gasteiger partial charge in [-0.2, -0.15) is 0 Å². The van der Waals surface area contributed by atoms with E-state index in [-0.39, 0.29) is 23.7 Å². The summed E-state index contributed by atoms with van der Waals surface area (Å²) in [5, 5.41) is 4.13. The Morgan fingerprint density at radius 1 is 1.32 bits per heavy atom. The monoisotopic (exact) mass is 323 g/mol. The molecule has 4 nitrogen and oxygen atoms in total. The van der Waals surface area contributed by atoms with Crippen LogP contribution in [0.3, 0.4) is 0 Å². The maximum atomic E-state index is 12.1. The lowest BCUT2D eigenvalue weighted by molar-refractivity contribution is -0.124. The third-order valence-corrected chi connectivity index (χ3v) is 4.05. The highest BCUT2D eigenvalue weighted by Gasteiger charge is 2.27. The van der Waals surface area contributed by atoms with Crippen molar-refractivity contribution in [3.05, 3.63) is 35.0 Å². The van der Waals surface area contributed by atoms with E-state index in [1.165, 1.54) is 16.6 Å². The second kappa shape index (κ2) is 6.71. The summed E-state index contributed by atoms with van der Waals surface area (Å²) in [4.78, 5) is 15.4. The van der Waals surface area contributed by atoms with E-state index in [1.807, 2.05) is 26.8 Å². The maximum absolute atomic E-state index is 12.1. The summed E-state index contributed by atoms with van der Waals surface area (Å²) in [6.45, 7) is 10.6. The summed E-state index contributed by atoms with van der Waals surface area (Å²) in [7, 11) is 0. The van der Waals surface area contributed by atoms with Gasteiger partial charge in [-0.15, -0.1) is 12.4 Å². The van der Waals surface area contributed by atoms with Crippen molar-refractivity contribution in [2.45, 2.75) is 47.2 Å². The van der Waals surface area contributed by atoms with E-state index >= 15 is 0 Å². The molecule has 0 radical (unpaired) electrons. The molecule has 22 heavy (non-hydrogen) atoms. The molecule has 1 amide bonds. The number of fused-ring (bicyclic) bond motifs is 1. The number of aryl methyl sites for hydroxylation is 2. The Morgan fingerprint density at radius 2 is 1.95 bits per heavy atom. The normalized spacial score (nSPS) is 12.8. The number of carbonyl (C=O) groups is 1. The van der Waals surface area contributed by atoms with Gasteiger partial charge in [0.2, 0.25) is 5.91 Å². The van der Waals surface area contributed by atoms with Crippen molar-refractivity contribution in [3.8, 4) is 0 Å². The van der Waals surface area contributed by atoms with Gasteiger partial charge in [0, 0.05) is 23.1 Å². The molecule has 0 aliphatic heterocycles. The van der Waals surface area contributed by atoms with Gasteiger partial charge in [0.1, 0.15) is 0 Å². The molecule has 0 saturated heterocycles. The number of halogens is 1. The third-order valence-electron chi connectivity index (χ3n) is 4.05. The minimum absolute atomic E-state index is 0. The number of amides is 1. The van der Waals surface area contributed by atoms with E-state index in [9.17, 15) is 4.79 Å². The van der Waals surface area contributed by atoms with Gasteiger partial charge in [-0.1, -0.05) is 26.8 Å². The molecule has 5 heteroatoms. The number of H-pyrrole nitrogens is 1. The smallest absolute Gasteiger partial charge is 0.237 e. The summed E-state index contributed by atoms with van der Waals surface area (Å²) in [6.07, 6.45) is 0. The quantitative estimate of drug-likeness (QED) is 0.811. The van der Waals surface area contributed by atoms with Crippen LogP contribution in [0.5, 0.6) is 0 Å². The van der Waals surface area contributed by atoms with Gasteiger partial charge in [-0.05, 0) is 42.5 Å². The van der Waals surface area contributed by atoms with Crippen LogP contribution in [0.2, 0.25) is 0 Å². The average molecular weight is 324 g/mol. The van der Waals surface area contributed by atoms with Crippen LogP contribution >= 0.6 is 12.4 Å². The standard InChI is InChI=1S/C17H25N3O.ClH/c1-10-11(2)20-14-7-6-12(8-13(10)14)9-19-16(21)15(18)17(3,4)5;/h6-8,15,20H,9,18H2,1-5H3,(H,19,21);1H/t15-;/m1./s1. The van der Waals surface area contributed by atoms with Crippen LogP contribution in [0.25, 0.3) is 10.9 Å². The predicted octanol–water partition coefficient (Wildman–Crippen LogP) is 3.20. The largest absolute Gasteiger partial charge is 0.358 e. The van der Waals surface area contributed by atoms with Gasteiger partial charge < -0.3 is 16.0 Å². The fraction of sp³-hybridized carbons (Fsp3) is 0.471. The molecule has 2 aromatic rings. The molecule has 4 N–H and O–H groups in total. The molecule has 0 spiro atoms. The van der Waals surface area contributed by atoms with Gasteiger partial charge >= 0.3 is 0 Å². The van der Waals surface area contributed by atoms with Crippen molar-refractivity contribution in [1.29, 1.82) is 0 Å². The van der Waals surface area contributed by atoms with E-state index in [1.54, 1.807) is 0 Å². The van der Waals surface area contributed by atoms with E-state index in [4.69, 9.17) is 5.73 Å². The molecular weight excluding hydrogens is 298 g/mol. The molecule has 1 aromatic carbocycles. The first-order valence-electron chi connectivity index (χ1n) is 7.31. The lowest BCUT2D eigenvalue weighted by atomic mass is 9.87. The van der Waals surface area contributed by atoms with Gasteiger partial charge in [0.25, 0.3) is 0 Å². The molecule has 1 heterocycles. The van der Waals surface area contributed by atoms with Crippen molar-refractivity contribution < 1.29 is 4.79 Å². The Bertz CT molecular complexity index is 670. The molecule has 0 aliphatic carbocycles. The zero-order valence-electron chi connectivity index (χ0n) is 13.9. The highest BCUT2D eigenvalue weighted by atomic mass is 35.5. The summed E-state index contributed by atoms with van der Waals surface area (Å²) in [5.41, 5.74) is 10.4. The molecule has 0 unspecified atom stereocenters. The van der Waals surface area contributed by atoms with Crippen molar-refractivity contribution in [2.24, 2.45) is 11.1 Å². The van der Waals surface area contributed by atoms with Crippen molar-refractivity contribution in [2.75, 3.05) is 0 Å². The minimum Gasteiger partial charge on any atom is -0.358 e. The highest BCUT2D eigenvalue weighted by molar-refractivity contribution is 5.86. The lowest BCUT2D eigenvalue weighted by Gasteiger charge is -2.25. The SMILES string of the molecule is Cc1[nH]c2ccc(CNC(=O)[C@@H](N)C(C)(C)C)cc2c1C.Cl. The Hall–Kier alpha value is -1.52. The Labute approximate surface area is 138 Å². The molecule has 0 fully saturated rings. The zero-order valence-corrected chi connectivity index (χ0v) is 14.7. The summed E-state index contributed by atoms with van der Waals surface area (Å²) >= 11 is 0. The van der Waals surface area contributed by atoms with Crippen LogP contribution in [-0.4, -0.2) is 16.9 Å². The van der Waals surface area contributed by atoms with Crippen molar-refractivity contribution in [1.82, 2.24) is 10.3 Å². The summed E-state index contributed by atoms with van der Waals surface area (Å²) < 4.78 is 0. The number of carbonyl (C=O) groups excluding carboxylic acids is 1. The fourth-order valence-electron chi connectivity index (χ4n) is 2.31. The first-order valence-corrected chi connectivity index (χ1v) is 7.31. The number of nitrogens with two attached hydrogens (primary N) is 1. The molecule has 0 aliphatic rings. The topological polar surface area (TPSA) is 70.9 Å². The highest BCUT2D eigenvalue weighted by Crippen LogP contribution is 2.22. The molecule has 1 atom stereocenters. The molecular formula is C17H26ClN3O. The van der Waals surface area contributed by atoms with Crippen LogP contribution in [-0.2, 0) is 11.3 Å². The summed E-state index contributed by atoms with van der Waals surface area (Å²) in [5.74, 6) is -0.107. The molecule has 1 aromatic heterocycles. The maximum Gasteiger partial charge on any atom is 0.237 e. The molecule has 122 valence electrons. The molecule has 2 rings (SSSR count). The van der Waals surface area contributed by atoms with Crippen LogP contribution in [0.1, 0.15) is 37.6 Å². The third kappa shape index (κ3) is 3.81. The summed E-state index contributed by atoms with van der Waals surface area (Å²) in [6, 6.07) is 5.70. The molecule has 0 saturated carbocycles. The van der Waals surface area contributed by atoms with Crippen LogP contribution < -0.4 is 11.1 Å². The van der Waals surface area contributed by atoms with E-state index in [0.29, 0.717) is 6.54 Å². The fourth-order valence-corrected chi connectivity index (χ4v) is 2.31. The van der Waals surface area contributed by atoms with Crippen molar-refractivity contribution >= 4 is 29.2 Å². The number of benzene rings is 1. The number of hydrogen-bond donors (Lipinski definition) is 3. The van der Waals surface area contributed by atoms with Gasteiger partial charge in [-0.25, -0.2) is 0 Å². The first-order chi connectivity index (χ1) is 9.70.